The third-order valence-electron chi connectivity index (χ3n) is 10.5. The van der Waals surface area contributed by atoms with Gasteiger partial charge in [-0.25, -0.2) is 0 Å². The van der Waals surface area contributed by atoms with Gasteiger partial charge in [0.05, 0.1) is 32.8 Å². The molecule has 3 aromatic rings. The number of aliphatic hydroxyl groups is 2. The number of hydrogen-bond donors (Lipinski definition) is 2. The number of rotatable bonds is 8. The summed E-state index contributed by atoms with van der Waals surface area (Å²) >= 11 is 0. The third kappa shape index (κ3) is 4.76. The van der Waals surface area contributed by atoms with Crippen molar-refractivity contribution in [2.45, 2.75) is 69.4 Å². The zero-order chi connectivity index (χ0) is 32.1. The predicted octanol–water partition coefficient (Wildman–Crippen LogP) is 5.97. The average Bonchev–Trinajstić information content (AvgIpc) is 3.42. The summed E-state index contributed by atoms with van der Waals surface area (Å²) in [6, 6.07) is 20.0. The van der Waals surface area contributed by atoms with Crippen LogP contribution in [-0.4, -0.2) is 49.7 Å². The van der Waals surface area contributed by atoms with Crippen LogP contribution in [-0.2, 0) is 20.7 Å². The maximum absolute atomic E-state index is 14.6. The van der Waals surface area contributed by atoms with Crippen molar-refractivity contribution in [3.05, 3.63) is 83.4 Å². The molecule has 0 aromatic heterocycles. The van der Waals surface area contributed by atoms with E-state index >= 15 is 0 Å². The van der Waals surface area contributed by atoms with E-state index in [0.29, 0.717) is 34.6 Å². The van der Waals surface area contributed by atoms with Gasteiger partial charge in [-0.3, -0.25) is 4.79 Å². The molecular formula is C37H44O8. The fourth-order valence-electron chi connectivity index (χ4n) is 8.24. The lowest BCUT2D eigenvalue weighted by Gasteiger charge is -2.41. The summed E-state index contributed by atoms with van der Waals surface area (Å²) in [5.74, 6) is 0.0663. The van der Waals surface area contributed by atoms with Gasteiger partial charge in [0.1, 0.15) is 35.2 Å². The van der Waals surface area contributed by atoms with Gasteiger partial charge in [-0.05, 0) is 53.9 Å². The van der Waals surface area contributed by atoms with Crippen LogP contribution in [0.25, 0.3) is 0 Å². The molecule has 1 heterocycles. The summed E-state index contributed by atoms with van der Waals surface area (Å²) < 4.78 is 30.1. The molecule has 0 amide bonds. The molecule has 0 spiro atoms. The molecular weight excluding hydrogens is 572 g/mol. The van der Waals surface area contributed by atoms with E-state index in [1.54, 1.807) is 31.4 Å². The van der Waals surface area contributed by atoms with Crippen LogP contribution in [0.3, 0.4) is 0 Å². The summed E-state index contributed by atoms with van der Waals surface area (Å²) in [4.78, 5) is 14.6. The van der Waals surface area contributed by atoms with Crippen LogP contribution in [0.1, 0.15) is 62.6 Å². The van der Waals surface area contributed by atoms with Crippen LogP contribution in [0.5, 0.6) is 23.0 Å². The molecule has 0 bridgehead atoms. The van der Waals surface area contributed by atoms with Crippen molar-refractivity contribution in [1.29, 1.82) is 0 Å². The van der Waals surface area contributed by atoms with E-state index in [1.165, 1.54) is 14.2 Å². The minimum Gasteiger partial charge on any atom is -0.497 e. The average molecular weight is 617 g/mol. The standard InChI is InChI=1S/C37H44O8/c1-21(2)27-17-12-22(3)18-28(27)44-35(39)31-32(23-10-8-7-9-11-23)37(24-13-15-25(41-4)16-14-24)36(40,34(31)38)33-29(43-6)19-26(42-5)20-30(33)45-37/h7-11,13-16,19-22,27-28,31-32,34,38,40H,12,17-18H2,1-6H3/t22-,27+,28-,31+,32+,34+,36-,37-/m1/s1. The number of ether oxygens (including phenoxy) is 5. The molecule has 0 radical (unpaired) electrons. The molecule has 3 aromatic carbocycles. The first-order valence-electron chi connectivity index (χ1n) is 15.9. The smallest absolute Gasteiger partial charge is 0.312 e. The minimum absolute atomic E-state index is 0.210. The van der Waals surface area contributed by atoms with Gasteiger partial charge in [-0.2, -0.15) is 0 Å². The third-order valence-corrected chi connectivity index (χ3v) is 10.5. The molecule has 0 saturated heterocycles. The van der Waals surface area contributed by atoms with E-state index in [1.807, 2.05) is 42.5 Å². The number of fused-ring (bicyclic) bond motifs is 3. The van der Waals surface area contributed by atoms with Gasteiger partial charge in [-0.1, -0.05) is 69.7 Å². The first kappa shape index (κ1) is 31.2. The van der Waals surface area contributed by atoms with Gasteiger partial charge in [-0.15, -0.1) is 0 Å². The Morgan fingerprint density at radius 3 is 2.24 bits per heavy atom. The monoisotopic (exact) mass is 616 g/mol. The second kappa shape index (κ2) is 11.9. The Kier molecular flexibility index (Phi) is 8.25. The summed E-state index contributed by atoms with van der Waals surface area (Å²) in [6.45, 7) is 6.51. The second-order valence-electron chi connectivity index (χ2n) is 13.2. The van der Waals surface area contributed by atoms with Gasteiger partial charge >= 0.3 is 5.97 Å². The quantitative estimate of drug-likeness (QED) is 0.299. The Hall–Kier alpha value is -3.75. The second-order valence-corrected chi connectivity index (χ2v) is 13.2. The van der Waals surface area contributed by atoms with Crippen molar-refractivity contribution in [1.82, 2.24) is 0 Å². The summed E-state index contributed by atoms with van der Waals surface area (Å²) in [5, 5.41) is 25.6. The van der Waals surface area contributed by atoms with Gasteiger partial charge in [0.2, 0.25) is 0 Å². The van der Waals surface area contributed by atoms with E-state index in [9.17, 15) is 15.0 Å². The Labute approximate surface area is 265 Å². The highest BCUT2D eigenvalue weighted by molar-refractivity contribution is 5.79. The molecule has 2 N–H and O–H groups in total. The van der Waals surface area contributed by atoms with Crippen molar-refractivity contribution >= 4 is 5.97 Å². The van der Waals surface area contributed by atoms with Crippen LogP contribution in [0, 0.1) is 23.7 Å². The molecule has 2 fully saturated rings. The van der Waals surface area contributed by atoms with Crippen LogP contribution in [0.2, 0.25) is 0 Å². The Bertz CT molecular complexity index is 1520. The fraction of sp³-hybridized carbons (Fsp3) is 0.486. The largest absolute Gasteiger partial charge is 0.497 e. The van der Waals surface area contributed by atoms with E-state index in [-0.39, 0.29) is 23.3 Å². The minimum atomic E-state index is -2.12. The highest BCUT2D eigenvalue weighted by Gasteiger charge is 2.78. The number of carbonyl (C=O) groups is 1. The Balaban J connectivity index is 1.57. The van der Waals surface area contributed by atoms with Crippen LogP contribution >= 0.6 is 0 Å². The fourth-order valence-corrected chi connectivity index (χ4v) is 8.24. The van der Waals surface area contributed by atoms with Crippen molar-refractivity contribution in [3.63, 3.8) is 0 Å². The number of methoxy groups -OCH3 is 3. The molecule has 6 rings (SSSR count). The highest BCUT2D eigenvalue weighted by Crippen LogP contribution is 2.70. The number of hydrogen-bond acceptors (Lipinski definition) is 8. The van der Waals surface area contributed by atoms with Crippen LogP contribution in [0.4, 0.5) is 0 Å². The lowest BCUT2D eigenvalue weighted by Crippen LogP contribution is -2.52. The van der Waals surface area contributed by atoms with E-state index in [0.717, 1.165) is 24.8 Å². The number of benzene rings is 3. The molecule has 8 nitrogen and oxygen atoms in total. The normalized spacial score (nSPS) is 31.9. The molecule has 0 unspecified atom stereocenters. The zero-order valence-corrected chi connectivity index (χ0v) is 26.9. The lowest BCUT2D eigenvalue weighted by atomic mass is 9.70. The Morgan fingerprint density at radius 2 is 1.62 bits per heavy atom. The van der Waals surface area contributed by atoms with Gasteiger partial charge in [0, 0.05) is 18.1 Å². The van der Waals surface area contributed by atoms with Gasteiger partial charge < -0.3 is 33.9 Å². The maximum Gasteiger partial charge on any atom is 0.312 e. The molecule has 8 heteroatoms. The molecule has 240 valence electrons. The molecule has 2 saturated carbocycles. The first-order valence-corrected chi connectivity index (χ1v) is 15.9. The Morgan fingerprint density at radius 1 is 0.933 bits per heavy atom. The van der Waals surface area contributed by atoms with Crippen molar-refractivity contribution in [3.8, 4) is 23.0 Å². The van der Waals surface area contributed by atoms with Crippen molar-refractivity contribution < 1.29 is 38.7 Å². The van der Waals surface area contributed by atoms with Crippen molar-refractivity contribution in [2.75, 3.05) is 21.3 Å². The van der Waals surface area contributed by atoms with Gasteiger partial charge in [0.25, 0.3) is 0 Å². The lowest BCUT2D eigenvalue weighted by molar-refractivity contribution is -0.171. The maximum atomic E-state index is 14.6. The first-order chi connectivity index (χ1) is 21.6. The van der Waals surface area contributed by atoms with Crippen LogP contribution in [0.15, 0.2) is 66.7 Å². The van der Waals surface area contributed by atoms with E-state index in [2.05, 4.69) is 20.8 Å². The molecule has 45 heavy (non-hydrogen) atoms. The molecule has 2 aliphatic carbocycles. The number of esters is 1. The molecule has 1 aliphatic heterocycles. The van der Waals surface area contributed by atoms with E-state index in [4.69, 9.17) is 23.7 Å². The summed E-state index contributed by atoms with van der Waals surface area (Å²) in [6.07, 6.45) is 0.919. The van der Waals surface area contributed by atoms with Crippen LogP contribution < -0.4 is 18.9 Å². The number of aliphatic hydroxyl groups excluding tert-OH is 1. The topological polar surface area (TPSA) is 104 Å². The summed E-state index contributed by atoms with van der Waals surface area (Å²) in [7, 11) is 4.61. The zero-order valence-electron chi connectivity index (χ0n) is 26.9. The van der Waals surface area contributed by atoms with Crippen molar-refractivity contribution in [2.24, 2.45) is 23.7 Å². The highest BCUT2D eigenvalue weighted by atomic mass is 16.6. The van der Waals surface area contributed by atoms with E-state index < -0.39 is 35.1 Å². The SMILES string of the molecule is COc1ccc([C@]23Oc4cc(OC)cc(OC)c4[C@@]2(O)[C@@H](O)[C@@H](C(=O)O[C@@H]2C[C@H](C)CC[C@H]2C(C)C)[C@@H]3c2ccccc2)cc1. The molecule has 3 aliphatic rings. The molecule has 8 atom stereocenters. The van der Waals surface area contributed by atoms with Gasteiger partial charge in [0.15, 0.2) is 11.2 Å². The summed E-state index contributed by atoms with van der Waals surface area (Å²) in [5.41, 5.74) is -2.21. The predicted molar refractivity (Wildman–Crippen MR) is 169 cm³/mol. The number of carbonyl (C=O) groups excluding carboxylic acids is 1.